The van der Waals surface area contributed by atoms with E-state index >= 15 is 0 Å². The van der Waals surface area contributed by atoms with E-state index in [2.05, 4.69) is 149 Å². The normalized spacial score (nSPS) is 8.33. The highest BCUT2D eigenvalue weighted by Gasteiger charge is 1.92. The summed E-state index contributed by atoms with van der Waals surface area (Å²) in [7, 11) is 0.500. The highest BCUT2D eigenvalue weighted by Crippen LogP contribution is 2.16. The van der Waals surface area contributed by atoms with Gasteiger partial charge >= 0.3 is 0 Å². The van der Waals surface area contributed by atoms with Crippen LogP contribution in [-0.4, -0.2) is 24.3 Å². The summed E-state index contributed by atoms with van der Waals surface area (Å²) in [5, 5.41) is 5.33. The molecule has 30 heavy (non-hydrogen) atoms. The predicted octanol–water partition coefficient (Wildman–Crippen LogP) is 9.80. The first-order valence-corrected chi connectivity index (χ1v) is 13.6. The van der Waals surface area contributed by atoms with Gasteiger partial charge in [-0.3, -0.25) is 4.39 Å². The van der Waals surface area contributed by atoms with Gasteiger partial charge in [-0.25, -0.2) is 0 Å². The lowest BCUT2D eigenvalue weighted by Gasteiger charge is -1.98. The van der Waals surface area contributed by atoms with Gasteiger partial charge in [0.05, 0.1) is 7.18 Å². The van der Waals surface area contributed by atoms with Crippen molar-refractivity contribution in [2.75, 3.05) is 24.3 Å². The van der Waals surface area contributed by atoms with Gasteiger partial charge in [-0.2, -0.15) is 0 Å². The summed E-state index contributed by atoms with van der Waals surface area (Å²) in [6.07, 6.45) is 1.47. The van der Waals surface area contributed by atoms with Gasteiger partial charge in [0.2, 0.25) is 0 Å². The van der Waals surface area contributed by atoms with Gasteiger partial charge in [0.25, 0.3) is 0 Å². The largest absolute Gasteiger partial charge is 0.255 e. The Kier molecular flexibility index (Phi) is 21.8. The zero-order valence-corrected chi connectivity index (χ0v) is 23.1. The molecule has 0 atom stereocenters. The van der Waals surface area contributed by atoms with E-state index in [1.165, 1.54) is 39.1 Å². The molecule has 0 amide bonds. The van der Waals surface area contributed by atoms with E-state index in [0.29, 0.717) is 7.18 Å². The second-order valence-corrected chi connectivity index (χ2v) is 5.65. The molecule has 0 saturated carbocycles. The number of fused-ring (bicyclic) bond motifs is 2. The lowest BCUT2D eigenvalue weighted by molar-refractivity contribution is 0.636. The maximum absolute atomic E-state index is 9.50. The number of benzene rings is 4. The summed E-state index contributed by atoms with van der Waals surface area (Å²) >= 11 is 9.73. The maximum atomic E-state index is 9.50. The fourth-order valence-corrected chi connectivity index (χ4v) is 2.70. The SMILES string of the molecule is CBr.CCl.CF.CI.Cc1ccc2ccccc2c1.Cc1cccc2ccccc12. The van der Waals surface area contributed by atoms with Gasteiger partial charge in [-0.1, -0.05) is 129 Å². The molecule has 0 radical (unpaired) electrons. The molecule has 164 valence electrons. The molecule has 0 unspecified atom stereocenters. The third-order valence-electron chi connectivity index (χ3n) is 3.91. The van der Waals surface area contributed by atoms with Gasteiger partial charge in [-0.15, -0.1) is 11.6 Å². The van der Waals surface area contributed by atoms with Crippen LogP contribution in [-0.2, 0) is 0 Å². The Morgan fingerprint density at radius 1 is 0.633 bits per heavy atom. The summed E-state index contributed by atoms with van der Waals surface area (Å²) in [6, 6.07) is 29.7. The number of hydrogen-bond acceptors (Lipinski definition) is 0. The molecule has 0 aromatic heterocycles. The van der Waals surface area contributed by atoms with Crippen LogP contribution in [0.3, 0.4) is 0 Å². The molecule has 4 aromatic carbocycles. The first-order valence-electron chi connectivity index (χ1n) is 9.15. The van der Waals surface area contributed by atoms with E-state index < -0.39 is 0 Å². The number of rotatable bonds is 0. The smallest absolute Gasteiger partial charge is 0.0785 e. The van der Waals surface area contributed by atoms with E-state index in [0.717, 1.165) is 0 Å². The Morgan fingerprint density at radius 3 is 1.67 bits per heavy atom. The molecule has 0 aliphatic rings. The van der Waals surface area contributed by atoms with Crippen LogP contribution in [0.1, 0.15) is 11.1 Å². The number of hydrogen-bond donors (Lipinski definition) is 0. The van der Waals surface area contributed by atoms with Crippen LogP contribution in [0.4, 0.5) is 4.39 Å². The third-order valence-corrected chi connectivity index (χ3v) is 3.91. The third kappa shape index (κ3) is 11.3. The van der Waals surface area contributed by atoms with Crippen molar-refractivity contribution in [3.8, 4) is 0 Å². The Hall–Kier alpha value is -1.17. The molecule has 4 rings (SSSR count). The second-order valence-electron chi connectivity index (χ2n) is 5.65. The van der Waals surface area contributed by atoms with Crippen LogP contribution in [0.25, 0.3) is 21.5 Å². The highest BCUT2D eigenvalue weighted by molar-refractivity contribution is 14.1. The van der Waals surface area contributed by atoms with Crippen molar-refractivity contribution < 1.29 is 4.39 Å². The predicted molar refractivity (Wildman–Crippen MR) is 151 cm³/mol. The van der Waals surface area contributed by atoms with Crippen LogP contribution in [0.2, 0.25) is 0 Å². The first-order chi connectivity index (χ1) is 14.7. The van der Waals surface area contributed by atoms with E-state index in [4.69, 9.17) is 0 Å². The Morgan fingerprint density at radius 2 is 1.10 bits per heavy atom. The zero-order chi connectivity index (χ0) is 23.4. The van der Waals surface area contributed by atoms with E-state index in [1.54, 1.807) is 0 Å². The van der Waals surface area contributed by atoms with Gasteiger partial charge in [0.1, 0.15) is 0 Å². The highest BCUT2D eigenvalue weighted by atomic mass is 127. The Labute approximate surface area is 209 Å². The molecule has 0 N–H and O–H groups in total. The van der Waals surface area contributed by atoms with Crippen molar-refractivity contribution >= 4 is 71.7 Å². The molecule has 0 fully saturated rings. The average Bonchev–Trinajstić information content (AvgIpc) is 2.85. The van der Waals surface area contributed by atoms with Crippen LogP contribution in [0.15, 0.2) is 84.9 Å². The molecule has 0 aliphatic heterocycles. The number of alkyl halides is 4. The van der Waals surface area contributed by atoms with Crippen molar-refractivity contribution in [1.29, 1.82) is 0 Å². The molecule has 0 aliphatic carbocycles. The van der Waals surface area contributed by atoms with E-state index in [-0.39, 0.29) is 0 Å². The minimum atomic E-state index is 0.500. The topological polar surface area (TPSA) is 0 Å². The molecule has 0 spiro atoms. The van der Waals surface area contributed by atoms with Crippen LogP contribution in [0, 0.1) is 13.8 Å². The molecular weight excluding hydrogens is 574 g/mol. The van der Waals surface area contributed by atoms with Crippen LogP contribution >= 0.6 is 50.1 Å². The number of halogens is 4. The van der Waals surface area contributed by atoms with Gasteiger partial charge < -0.3 is 0 Å². The van der Waals surface area contributed by atoms with Crippen LogP contribution in [0.5, 0.6) is 0 Å². The molecule has 0 bridgehead atoms. The van der Waals surface area contributed by atoms with Crippen molar-refractivity contribution in [2.24, 2.45) is 0 Å². The summed E-state index contributed by atoms with van der Waals surface area (Å²) in [4.78, 5) is 1.97. The summed E-state index contributed by atoms with van der Waals surface area (Å²) in [5.74, 6) is 1.81. The average molecular weight is 606 g/mol. The van der Waals surface area contributed by atoms with E-state index in [1.807, 2.05) is 10.8 Å². The quantitative estimate of drug-likeness (QED) is 0.138. The zero-order valence-electron chi connectivity index (χ0n) is 18.6. The lowest BCUT2D eigenvalue weighted by Crippen LogP contribution is -1.75. The Balaban J connectivity index is 0. The molecular formula is C26H32BrClFI. The summed E-state index contributed by atoms with van der Waals surface area (Å²) in [5.41, 5.74) is 2.67. The van der Waals surface area contributed by atoms with Gasteiger partial charge in [0.15, 0.2) is 0 Å². The van der Waals surface area contributed by atoms with Gasteiger partial charge in [-0.05, 0) is 51.7 Å². The van der Waals surface area contributed by atoms with Crippen molar-refractivity contribution in [1.82, 2.24) is 0 Å². The Bertz CT molecular complexity index is 917. The van der Waals surface area contributed by atoms with Crippen molar-refractivity contribution in [3.05, 3.63) is 96.1 Å². The second kappa shape index (κ2) is 21.1. The standard InChI is InChI=1S/2C11H10.CH3Br.CH3Cl.CH3F.CH3I/c1-9-5-4-7-10-6-2-3-8-11(9)10;1-9-6-7-10-4-2-3-5-11(10)8-9;4*1-2/h2*2-8H,1H3;4*1H3. The minimum Gasteiger partial charge on any atom is -0.255 e. The van der Waals surface area contributed by atoms with Crippen LogP contribution < -0.4 is 0 Å². The lowest BCUT2D eigenvalue weighted by atomic mass is 10.1. The summed E-state index contributed by atoms with van der Waals surface area (Å²) in [6.45, 7) is 4.26. The van der Waals surface area contributed by atoms with Crippen molar-refractivity contribution in [2.45, 2.75) is 13.8 Å². The van der Waals surface area contributed by atoms with E-state index in [9.17, 15) is 4.39 Å². The maximum Gasteiger partial charge on any atom is 0.0785 e. The fraction of sp³-hybridized carbons (Fsp3) is 0.231. The minimum absolute atomic E-state index is 0.500. The summed E-state index contributed by atoms with van der Waals surface area (Å²) < 4.78 is 9.50. The van der Waals surface area contributed by atoms with Crippen molar-refractivity contribution in [3.63, 3.8) is 0 Å². The number of aryl methyl sites for hydroxylation is 2. The molecule has 0 nitrogen and oxygen atoms in total. The molecule has 4 heteroatoms. The first kappa shape index (κ1) is 31.0. The fourth-order valence-electron chi connectivity index (χ4n) is 2.70. The van der Waals surface area contributed by atoms with Gasteiger partial charge in [0, 0.05) is 6.38 Å². The molecule has 0 saturated heterocycles. The molecule has 4 aromatic rings. The molecule has 0 heterocycles. The monoisotopic (exact) mass is 604 g/mol.